The molecule has 1 rings (SSSR count). The van der Waals surface area contributed by atoms with Gasteiger partial charge in [-0.25, -0.2) is 4.98 Å². The highest BCUT2D eigenvalue weighted by Gasteiger charge is 2.07. The van der Waals surface area contributed by atoms with Crippen LogP contribution in [-0.4, -0.2) is 36.6 Å². The molecule has 0 saturated heterocycles. The van der Waals surface area contributed by atoms with Gasteiger partial charge in [0, 0.05) is 11.9 Å². The fourth-order valence-electron chi connectivity index (χ4n) is 1.13. The number of halogens is 1. The van der Waals surface area contributed by atoms with E-state index in [0.717, 1.165) is 10.7 Å². The zero-order chi connectivity index (χ0) is 13.4. The highest BCUT2D eigenvalue weighted by Crippen LogP contribution is 2.11. The second-order valence-electron chi connectivity index (χ2n) is 3.41. The van der Waals surface area contributed by atoms with Gasteiger partial charge >= 0.3 is 0 Å². The van der Waals surface area contributed by atoms with Crippen LogP contribution in [0.1, 0.15) is 10.7 Å². The first-order chi connectivity index (χ1) is 8.61. The predicted octanol–water partition coefficient (Wildman–Crippen LogP) is 0.0425. The third-order valence-electron chi connectivity index (χ3n) is 1.86. The Morgan fingerprint density at radius 1 is 1.56 bits per heavy atom. The standard InChI is InChI=1S/C10H14ClN3O3S/c11-4-7-6-18-10(14-7)3-9(16)13-1-2-17-5-8(12)15/h6H,1-5H2,(H2,12,15)(H,13,16). The van der Waals surface area contributed by atoms with Crippen LogP contribution >= 0.6 is 22.9 Å². The Labute approximate surface area is 113 Å². The van der Waals surface area contributed by atoms with Crippen molar-refractivity contribution in [2.75, 3.05) is 19.8 Å². The number of nitrogens with zero attached hydrogens (tertiary/aromatic N) is 1. The van der Waals surface area contributed by atoms with Crippen LogP contribution in [0, 0.1) is 0 Å². The van der Waals surface area contributed by atoms with Crippen molar-refractivity contribution in [3.05, 3.63) is 16.1 Å². The van der Waals surface area contributed by atoms with Crippen molar-refractivity contribution in [3.63, 3.8) is 0 Å². The number of aromatic nitrogens is 1. The Hall–Kier alpha value is -1.18. The fraction of sp³-hybridized carbons (Fsp3) is 0.500. The maximum Gasteiger partial charge on any atom is 0.243 e. The van der Waals surface area contributed by atoms with Gasteiger partial charge in [-0.2, -0.15) is 0 Å². The number of primary amides is 1. The van der Waals surface area contributed by atoms with Gasteiger partial charge in [0.2, 0.25) is 11.8 Å². The van der Waals surface area contributed by atoms with Gasteiger partial charge in [0.05, 0.1) is 24.6 Å². The van der Waals surface area contributed by atoms with Gasteiger partial charge in [-0.3, -0.25) is 9.59 Å². The maximum absolute atomic E-state index is 11.5. The van der Waals surface area contributed by atoms with Gasteiger partial charge in [-0.1, -0.05) is 0 Å². The lowest BCUT2D eigenvalue weighted by atomic mass is 10.4. The molecule has 0 aromatic carbocycles. The average Bonchev–Trinajstić information content (AvgIpc) is 2.76. The first-order valence-electron chi connectivity index (χ1n) is 5.24. The molecule has 0 aliphatic carbocycles. The third kappa shape index (κ3) is 5.95. The summed E-state index contributed by atoms with van der Waals surface area (Å²) < 4.78 is 4.90. The molecule has 0 atom stereocenters. The minimum Gasteiger partial charge on any atom is -0.370 e. The molecule has 1 heterocycles. The Balaban J connectivity index is 2.15. The van der Waals surface area contributed by atoms with E-state index in [1.807, 2.05) is 5.38 Å². The second kappa shape index (κ2) is 8.02. The number of hydrogen-bond donors (Lipinski definition) is 2. The summed E-state index contributed by atoms with van der Waals surface area (Å²) in [5.41, 5.74) is 5.66. The molecule has 0 saturated carbocycles. The van der Waals surface area contributed by atoms with Gasteiger partial charge in [-0.15, -0.1) is 22.9 Å². The van der Waals surface area contributed by atoms with Crippen molar-refractivity contribution in [1.29, 1.82) is 0 Å². The maximum atomic E-state index is 11.5. The Kier molecular flexibility index (Phi) is 6.63. The van der Waals surface area contributed by atoms with Crippen molar-refractivity contribution in [1.82, 2.24) is 10.3 Å². The molecule has 0 unspecified atom stereocenters. The zero-order valence-electron chi connectivity index (χ0n) is 9.65. The quantitative estimate of drug-likeness (QED) is 0.522. The first kappa shape index (κ1) is 14.9. The van der Waals surface area contributed by atoms with Crippen molar-refractivity contribution >= 4 is 34.8 Å². The molecule has 0 aliphatic heterocycles. The first-order valence-corrected chi connectivity index (χ1v) is 6.65. The topological polar surface area (TPSA) is 94.3 Å². The van der Waals surface area contributed by atoms with Crippen LogP contribution in [0.4, 0.5) is 0 Å². The van der Waals surface area contributed by atoms with Gasteiger partial charge in [0.25, 0.3) is 0 Å². The fourth-order valence-corrected chi connectivity index (χ4v) is 2.15. The van der Waals surface area contributed by atoms with E-state index in [1.165, 1.54) is 11.3 Å². The lowest BCUT2D eigenvalue weighted by Gasteiger charge is -2.04. The number of alkyl halides is 1. The number of ether oxygens (including phenoxy) is 1. The van der Waals surface area contributed by atoms with Crippen molar-refractivity contribution in [2.24, 2.45) is 5.73 Å². The molecule has 18 heavy (non-hydrogen) atoms. The number of thiazole rings is 1. The van der Waals surface area contributed by atoms with E-state index in [1.54, 1.807) is 0 Å². The van der Waals surface area contributed by atoms with E-state index in [-0.39, 0.29) is 25.5 Å². The summed E-state index contributed by atoms with van der Waals surface area (Å²) in [6, 6.07) is 0. The summed E-state index contributed by atoms with van der Waals surface area (Å²) in [4.78, 5) is 26.0. The summed E-state index contributed by atoms with van der Waals surface area (Å²) in [6.45, 7) is 0.445. The third-order valence-corrected chi connectivity index (χ3v) is 3.03. The molecule has 0 radical (unpaired) electrons. The summed E-state index contributed by atoms with van der Waals surface area (Å²) in [7, 11) is 0. The Morgan fingerprint density at radius 2 is 2.33 bits per heavy atom. The molecule has 0 bridgehead atoms. The van der Waals surface area contributed by atoms with Crippen LogP contribution < -0.4 is 11.1 Å². The molecule has 3 N–H and O–H groups in total. The molecule has 100 valence electrons. The molecular formula is C10H14ClN3O3S. The molecule has 1 aromatic rings. The minimum atomic E-state index is -0.530. The average molecular weight is 292 g/mol. The van der Waals surface area contributed by atoms with Crippen LogP contribution in [0.15, 0.2) is 5.38 Å². The number of amides is 2. The van der Waals surface area contributed by atoms with Gasteiger partial charge in [0.1, 0.15) is 11.6 Å². The molecule has 6 nitrogen and oxygen atoms in total. The van der Waals surface area contributed by atoms with Crippen molar-refractivity contribution in [2.45, 2.75) is 12.3 Å². The van der Waals surface area contributed by atoms with Crippen molar-refractivity contribution < 1.29 is 14.3 Å². The number of carbonyl (C=O) groups excluding carboxylic acids is 2. The van der Waals surface area contributed by atoms with E-state index in [2.05, 4.69) is 10.3 Å². The highest BCUT2D eigenvalue weighted by molar-refractivity contribution is 7.09. The van der Waals surface area contributed by atoms with E-state index in [0.29, 0.717) is 12.4 Å². The summed E-state index contributed by atoms with van der Waals surface area (Å²) in [6.07, 6.45) is 0.220. The molecule has 0 fully saturated rings. The van der Waals surface area contributed by atoms with E-state index in [9.17, 15) is 9.59 Å². The molecule has 0 aliphatic rings. The summed E-state index contributed by atoms with van der Waals surface area (Å²) in [5.74, 6) is -0.329. The van der Waals surface area contributed by atoms with Crippen LogP contribution in [0.25, 0.3) is 0 Å². The SMILES string of the molecule is NC(=O)COCCNC(=O)Cc1nc(CCl)cs1. The highest BCUT2D eigenvalue weighted by atomic mass is 35.5. The molecule has 8 heteroatoms. The van der Waals surface area contributed by atoms with Crippen LogP contribution in [0.2, 0.25) is 0 Å². The van der Waals surface area contributed by atoms with Gasteiger partial charge in [0.15, 0.2) is 0 Å². The smallest absolute Gasteiger partial charge is 0.243 e. The summed E-state index contributed by atoms with van der Waals surface area (Å²) >= 11 is 7.01. The predicted molar refractivity (Wildman–Crippen MR) is 68.4 cm³/mol. The zero-order valence-corrected chi connectivity index (χ0v) is 11.2. The van der Waals surface area contributed by atoms with Gasteiger partial charge < -0.3 is 15.8 Å². The van der Waals surface area contributed by atoms with Gasteiger partial charge in [-0.05, 0) is 0 Å². The molecular weight excluding hydrogens is 278 g/mol. The number of hydrogen-bond acceptors (Lipinski definition) is 5. The van der Waals surface area contributed by atoms with Crippen molar-refractivity contribution in [3.8, 4) is 0 Å². The normalized spacial score (nSPS) is 10.3. The number of nitrogens with two attached hydrogens (primary N) is 1. The minimum absolute atomic E-state index is 0.137. The molecule has 0 spiro atoms. The largest absolute Gasteiger partial charge is 0.370 e. The van der Waals surface area contributed by atoms with E-state index >= 15 is 0 Å². The van der Waals surface area contributed by atoms with E-state index in [4.69, 9.17) is 22.1 Å². The number of carbonyl (C=O) groups is 2. The Morgan fingerprint density at radius 3 is 2.94 bits per heavy atom. The molecule has 1 aromatic heterocycles. The lowest BCUT2D eigenvalue weighted by molar-refractivity contribution is -0.122. The number of nitrogens with one attached hydrogen (secondary N) is 1. The molecule has 2 amide bonds. The lowest BCUT2D eigenvalue weighted by Crippen LogP contribution is -2.29. The van der Waals surface area contributed by atoms with Crippen LogP contribution in [-0.2, 0) is 26.6 Å². The summed E-state index contributed by atoms with van der Waals surface area (Å²) in [5, 5.41) is 5.20. The Bertz CT molecular complexity index is 411. The van der Waals surface area contributed by atoms with E-state index < -0.39 is 5.91 Å². The van der Waals surface area contributed by atoms with Crippen LogP contribution in [0.5, 0.6) is 0 Å². The van der Waals surface area contributed by atoms with Crippen LogP contribution in [0.3, 0.4) is 0 Å². The monoisotopic (exact) mass is 291 g/mol. The second-order valence-corrected chi connectivity index (χ2v) is 4.62. The number of rotatable bonds is 8.